The summed E-state index contributed by atoms with van der Waals surface area (Å²) in [6, 6.07) is 10.3. The summed E-state index contributed by atoms with van der Waals surface area (Å²) in [6.07, 6.45) is 0. The van der Waals surface area contributed by atoms with Crippen molar-refractivity contribution in [3.05, 3.63) is 58.9 Å². The van der Waals surface area contributed by atoms with E-state index in [2.05, 4.69) is 15.4 Å². The molecular weight excluding hydrogens is 323 g/mol. The lowest BCUT2D eigenvalue weighted by Crippen LogP contribution is -2.22. The third-order valence-corrected chi connectivity index (χ3v) is 3.25. The minimum atomic E-state index is -0.481. The molecule has 0 aliphatic rings. The zero-order valence-corrected chi connectivity index (χ0v) is 13.0. The topological polar surface area (TPSA) is 67.4 Å². The van der Waals surface area contributed by atoms with Gasteiger partial charge in [-0.15, -0.1) is 0 Å². The second-order valence-electron chi connectivity index (χ2n) is 4.60. The Balaban J connectivity index is 1.95. The number of nitrogens with one attached hydrogen (secondary N) is 2. The molecule has 0 aliphatic heterocycles. The summed E-state index contributed by atoms with van der Waals surface area (Å²) < 4.78 is 17.6. The van der Waals surface area contributed by atoms with Crippen LogP contribution in [-0.4, -0.2) is 25.5 Å². The van der Waals surface area contributed by atoms with Gasteiger partial charge in [0.2, 0.25) is 5.91 Å². The summed E-state index contributed by atoms with van der Waals surface area (Å²) in [5.41, 5.74) is 1.29. The van der Waals surface area contributed by atoms with Gasteiger partial charge in [-0.2, -0.15) is 0 Å². The molecule has 2 N–H and O–H groups in total. The van der Waals surface area contributed by atoms with Gasteiger partial charge in [-0.05, 0) is 36.4 Å². The highest BCUT2D eigenvalue weighted by Gasteiger charge is 2.08. The number of ether oxygens (including phenoxy) is 1. The number of anilines is 2. The highest BCUT2D eigenvalue weighted by Crippen LogP contribution is 2.22. The fourth-order valence-electron chi connectivity index (χ4n) is 1.84. The Hall–Kier alpha value is -2.60. The quantitative estimate of drug-likeness (QED) is 0.822. The van der Waals surface area contributed by atoms with Crippen LogP contribution >= 0.6 is 11.6 Å². The largest absolute Gasteiger partial charge is 0.465 e. The molecule has 23 heavy (non-hydrogen) atoms. The van der Waals surface area contributed by atoms with Gasteiger partial charge in [-0.1, -0.05) is 17.7 Å². The van der Waals surface area contributed by atoms with Gasteiger partial charge in [0.1, 0.15) is 5.82 Å². The second-order valence-corrected chi connectivity index (χ2v) is 5.01. The molecule has 2 aromatic rings. The van der Waals surface area contributed by atoms with E-state index >= 15 is 0 Å². The lowest BCUT2D eigenvalue weighted by atomic mass is 10.2. The number of hydrogen-bond acceptors (Lipinski definition) is 4. The number of hydrogen-bond donors (Lipinski definition) is 2. The summed E-state index contributed by atoms with van der Waals surface area (Å²) in [4.78, 5) is 23.3. The number of benzene rings is 2. The van der Waals surface area contributed by atoms with Crippen molar-refractivity contribution >= 4 is 34.9 Å². The average molecular weight is 337 g/mol. The van der Waals surface area contributed by atoms with E-state index in [0.717, 1.165) is 6.07 Å². The van der Waals surface area contributed by atoms with E-state index in [0.29, 0.717) is 16.9 Å². The first kappa shape index (κ1) is 16.8. The number of carbonyl (C=O) groups excluding carboxylic acids is 2. The van der Waals surface area contributed by atoms with Crippen LogP contribution in [0.25, 0.3) is 0 Å². The van der Waals surface area contributed by atoms with E-state index in [1.807, 2.05) is 0 Å². The third kappa shape index (κ3) is 4.69. The van der Waals surface area contributed by atoms with Gasteiger partial charge >= 0.3 is 5.97 Å². The van der Waals surface area contributed by atoms with Gasteiger partial charge in [0, 0.05) is 5.69 Å². The van der Waals surface area contributed by atoms with E-state index < -0.39 is 11.8 Å². The molecule has 7 heteroatoms. The van der Waals surface area contributed by atoms with Crippen molar-refractivity contribution in [1.29, 1.82) is 0 Å². The molecule has 1 amide bonds. The van der Waals surface area contributed by atoms with Crippen molar-refractivity contribution in [3.63, 3.8) is 0 Å². The summed E-state index contributed by atoms with van der Waals surface area (Å²) >= 11 is 5.84. The molecular formula is C16H14ClFN2O3. The molecule has 0 spiro atoms. The highest BCUT2D eigenvalue weighted by atomic mass is 35.5. The van der Waals surface area contributed by atoms with E-state index in [1.165, 1.54) is 19.2 Å². The molecule has 0 fully saturated rings. The van der Waals surface area contributed by atoms with Crippen LogP contribution in [0.2, 0.25) is 5.02 Å². The lowest BCUT2D eigenvalue weighted by Gasteiger charge is -2.10. The van der Waals surface area contributed by atoms with Crippen LogP contribution in [-0.2, 0) is 9.53 Å². The number of rotatable bonds is 5. The van der Waals surface area contributed by atoms with Crippen molar-refractivity contribution < 1.29 is 18.7 Å². The molecule has 0 unspecified atom stereocenters. The second kappa shape index (κ2) is 7.60. The van der Waals surface area contributed by atoms with Gasteiger partial charge in [0.15, 0.2) is 0 Å². The molecule has 120 valence electrons. The van der Waals surface area contributed by atoms with Crippen molar-refractivity contribution in [2.24, 2.45) is 0 Å². The first-order valence-corrected chi connectivity index (χ1v) is 7.04. The average Bonchev–Trinajstić information content (AvgIpc) is 2.55. The van der Waals surface area contributed by atoms with Crippen LogP contribution < -0.4 is 10.6 Å². The van der Waals surface area contributed by atoms with Crippen molar-refractivity contribution in [3.8, 4) is 0 Å². The Kier molecular flexibility index (Phi) is 5.54. The molecule has 0 radical (unpaired) electrons. The SMILES string of the molecule is COC(=O)c1cccc(NCC(=O)Nc2ccc(F)cc2Cl)c1. The van der Waals surface area contributed by atoms with Crippen LogP contribution in [0.4, 0.5) is 15.8 Å². The Labute approximate surface area is 137 Å². The van der Waals surface area contributed by atoms with Crippen LogP contribution in [0.1, 0.15) is 10.4 Å². The van der Waals surface area contributed by atoms with Crippen molar-refractivity contribution in [2.75, 3.05) is 24.3 Å². The van der Waals surface area contributed by atoms with Crippen LogP contribution in [0, 0.1) is 5.82 Å². The fourth-order valence-corrected chi connectivity index (χ4v) is 2.06. The smallest absolute Gasteiger partial charge is 0.337 e. The first-order chi connectivity index (χ1) is 11.0. The standard InChI is InChI=1S/C16H14ClFN2O3/c1-23-16(22)10-3-2-4-12(7-10)19-9-15(21)20-14-6-5-11(18)8-13(14)17/h2-8,19H,9H2,1H3,(H,20,21). The molecule has 2 aromatic carbocycles. The molecule has 0 bridgehead atoms. The number of carbonyl (C=O) groups is 2. The minimum absolute atomic E-state index is 0.0433. The molecule has 0 saturated heterocycles. The zero-order valence-electron chi connectivity index (χ0n) is 12.2. The maximum Gasteiger partial charge on any atom is 0.337 e. The molecule has 5 nitrogen and oxygen atoms in total. The number of amides is 1. The first-order valence-electron chi connectivity index (χ1n) is 6.67. The lowest BCUT2D eigenvalue weighted by molar-refractivity contribution is -0.114. The zero-order chi connectivity index (χ0) is 16.8. The number of methoxy groups -OCH3 is 1. The fraction of sp³-hybridized carbons (Fsp3) is 0.125. The predicted octanol–water partition coefficient (Wildman–Crippen LogP) is 3.32. The molecule has 0 heterocycles. The third-order valence-electron chi connectivity index (χ3n) is 2.94. The van der Waals surface area contributed by atoms with Crippen LogP contribution in [0.3, 0.4) is 0 Å². The summed E-state index contributed by atoms with van der Waals surface area (Å²) in [5, 5.41) is 5.56. The maximum atomic E-state index is 12.9. The van der Waals surface area contributed by atoms with E-state index in [1.54, 1.807) is 24.3 Å². The number of esters is 1. The molecule has 2 rings (SSSR count). The Morgan fingerprint density at radius 3 is 2.70 bits per heavy atom. The number of halogens is 2. The Morgan fingerprint density at radius 2 is 2.00 bits per heavy atom. The molecule has 0 atom stereocenters. The summed E-state index contributed by atoms with van der Waals surface area (Å²) in [7, 11) is 1.29. The Bertz CT molecular complexity index is 737. The maximum absolute atomic E-state index is 12.9. The van der Waals surface area contributed by atoms with Gasteiger partial charge < -0.3 is 15.4 Å². The van der Waals surface area contributed by atoms with Crippen LogP contribution in [0.5, 0.6) is 0 Å². The van der Waals surface area contributed by atoms with Gasteiger partial charge in [0.25, 0.3) is 0 Å². The molecule has 0 saturated carbocycles. The molecule has 0 aromatic heterocycles. The van der Waals surface area contributed by atoms with E-state index in [9.17, 15) is 14.0 Å². The van der Waals surface area contributed by atoms with Gasteiger partial charge in [-0.25, -0.2) is 9.18 Å². The molecule has 0 aliphatic carbocycles. The van der Waals surface area contributed by atoms with Crippen molar-refractivity contribution in [2.45, 2.75) is 0 Å². The normalized spacial score (nSPS) is 10.0. The van der Waals surface area contributed by atoms with E-state index in [-0.39, 0.29) is 17.5 Å². The predicted molar refractivity (Wildman–Crippen MR) is 86.3 cm³/mol. The highest BCUT2D eigenvalue weighted by molar-refractivity contribution is 6.33. The summed E-state index contributed by atoms with van der Waals surface area (Å²) in [6.45, 7) is -0.0433. The van der Waals surface area contributed by atoms with Crippen molar-refractivity contribution in [1.82, 2.24) is 0 Å². The van der Waals surface area contributed by atoms with Gasteiger partial charge in [0.05, 0.1) is 29.9 Å². The van der Waals surface area contributed by atoms with Crippen LogP contribution in [0.15, 0.2) is 42.5 Å². The Morgan fingerprint density at radius 1 is 1.22 bits per heavy atom. The van der Waals surface area contributed by atoms with E-state index in [4.69, 9.17) is 11.6 Å². The summed E-state index contributed by atoms with van der Waals surface area (Å²) in [5.74, 6) is -1.30. The van der Waals surface area contributed by atoms with Gasteiger partial charge in [-0.3, -0.25) is 4.79 Å². The minimum Gasteiger partial charge on any atom is -0.465 e. The monoisotopic (exact) mass is 336 g/mol.